The third-order valence-corrected chi connectivity index (χ3v) is 8.96. The van der Waals surface area contributed by atoms with Crippen LogP contribution in [0.5, 0.6) is 0 Å². The van der Waals surface area contributed by atoms with Crippen molar-refractivity contribution in [1.29, 1.82) is 0 Å². The zero-order valence-electron chi connectivity index (χ0n) is 16.7. The van der Waals surface area contributed by atoms with Crippen molar-refractivity contribution in [3.8, 4) is 0 Å². The number of para-hydroxylation sites is 1. The van der Waals surface area contributed by atoms with E-state index in [1.54, 1.807) is 42.5 Å². The number of nitrogens with zero attached hydrogens (tertiary/aromatic N) is 2. The van der Waals surface area contributed by atoms with Crippen molar-refractivity contribution >= 4 is 61.2 Å². The number of thioether (sulfide) groups is 1. The summed E-state index contributed by atoms with van der Waals surface area (Å²) >= 11 is 6.41. The van der Waals surface area contributed by atoms with Gasteiger partial charge in [-0.3, -0.25) is 14.5 Å². The van der Waals surface area contributed by atoms with Crippen LogP contribution in [0.15, 0.2) is 53.4 Å². The van der Waals surface area contributed by atoms with Crippen molar-refractivity contribution in [2.45, 2.75) is 19.0 Å². The first kappa shape index (κ1) is 21.3. The molecule has 0 spiro atoms. The molecule has 3 aliphatic heterocycles. The van der Waals surface area contributed by atoms with Gasteiger partial charge in [-0.15, -0.1) is 0 Å². The van der Waals surface area contributed by atoms with Gasteiger partial charge in [0.2, 0.25) is 0 Å². The molecule has 10 heteroatoms. The average Bonchev–Trinajstić information content (AvgIpc) is 3.34. The van der Waals surface area contributed by atoms with Crippen LogP contribution in [-0.2, 0) is 26.0 Å². The molecule has 0 aliphatic carbocycles. The Morgan fingerprint density at radius 3 is 2.50 bits per heavy atom. The van der Waals surface area contributed by atoms with Crippen molar-refractivity contribution in [3.63, 3.8) is 0 Å². The Kier molecular flexibility index (Phi) is 5.18. The van der Waals surface area contributed by atoms with Crippen molar-refractivity contribution < 1.29 is 22.4 Å². The number of fused-ring (bicyclic) bond motifs is 1. The summed E-state index contributed by atoms with van der Waals surface area (Å²) in [5.74, 6) is -1.40. The zero-order chi connectivity index (χ0) is 22.6. The zero-order valence-corrected chi connectivity index (χ0v) is 19.1. The van der Waals surface area contributed by atoms with Crippen LogP contribution in [-0.4, -0.2) is 47.0 Å². The standard InChI is InChI=1S/C22H17FN2O4S3/c23-16-7-3-1-5-13(16)11-24-17-8-4-2-6-15(17)18(20(24)26)19-21(27)25(22(30)31-19)14-9-10-32(28,29)12-14/h1-8,14H,9-12H2/b19-18+. The molecule has 1 atom stereocenters. The number of benzene rings is 2. The number of thiocarbonyl (C=S) groups is 1. The lowest BCUT2D eigenvalue weighted by molar-refractivity contribution is -0.123. The molecule has 0 aromatic heterocycles. The fraction of sp³-hybridized carbons (Fsp3) is 0.227. The van der Waals surface area contributed by atoms with E-state index in [0.717, 1.165) is 11.8 Å². The van der Waals surface area contributed by atoms with E-state index in [0.29, 0.717) is 23.2 Å². The first-order valence-corrected chi connectivity index (χ1v) is 13.0. The third kappa shape index (κ3) is 3.46. The molecule has 2 saturated heterocycles. The number of amides is 2. The van der Waals surface area contributed by atoms with E-state index in [4.69, 9.17) is 12.2 Å². The van der Waals surface area contributed by atoms with E-state index < -0.39 is 33.5 Å². The highest BCUT2D eigenvalue weighted by molar-refractivity contribution is 8.26. The Hall–Kier alpha value is -2.56. The molecular formula is C22H17FN2O4S3. The number of hydrogen-bond donors (Lipinski definition) is 0. The number of carbonyl (C=O) groups excluding carboxylic acids is 2. The first-order valence-electron chi connectivity index (χ1n) is 9.91. The molecule has 0 N–H and O–H groups in total. The van der Waals surface area contributed by atoms with Crippen LogP contribution in [0.1, 0.15) is 17.5 Å². The number of halogens is 1. The quantitative estimate of drug-likeness (QED) is 0.488. The molecule has 2 fully saturated rings. The van der Waals surface area contributed by atoms with Crippen molar-refractivity contribution in [2.75, 3.05) is 16.4 Å². The molecule has 3 aliphatic rings. The van der Waals surface area contributed by atoms with Gasteiger partial charge >= 0.3 is 0 Å². The highest BCUT2D eigenvalue weighted by atomic mass is 32.2. The second-order valence-electron chi connectivity index (χ2n) is 7.80. The monoisotopic (exact) mass is 488 g/mol. The van der Waals surface area contributed by atoms with Gasteiger partial charge in [0.15, 0.2) is 9.84 Å². The van der Waals surface area contributed by atoms with Gasteiger partial charge in [-0.05, 0) is 18.6 Å². The van der Waals surface area contributed by atoms with Gasteiger partial charge in [0.1, 0.15) is 10.1 Å². The molecule has 0 bridgehead atoms. The summed E-state index contributed by atoms with van der Waals surface area (Å²) in [5.41, 5.74) is 1.75. The van der Waals surface area contributed by atoms with Gasteiger partial charge in [-0.25, -0.2) is 12.8 Å². The molecule has 32 heavy (non-hydrogen) atoms. The van der Waals surface area contributed by atoms with Gasteiger partial charge < -0.3 is 4.90 Å². The normalized spacial score (nSPS) is 24.5. The maximum absolute atomic E-state index is 14.3. The summed E-state index contributed by atoms with van der Waals surface area (Å²) in [7, 11) is -3.21. The molecule has 0 radical (unpaired) electrons. The lowest BCUT2D eigenvalue weighted by atomic mass is 10.1. The Morgan fingerprint density at radius 2 is 1.78 bits per heavy atom. The van der Waals surface area contributed by atoms with Crippen molar-refractivity contribution in [2.24, 2.45) is 0 Å². The lowest BCUT2D eigenvalue weighted by Crippen LogP contribution is -2.39. The highest BCUT2D eigenvalue weighted by Crippen LogP contribution is 2.46. The van der Waals surface area contributed by atoms with Crippen LogP contribution in [0.4, 0.5) is 10.1 Å². The minimum absolute atomic E-state index is 0.0127. The predicted octanol–water partition coefficient (Wildman–Crippen LogP) is 3.13. The molecule has 2 amide bonds. The van der Waals surface area contributed by atoms with E-state index in [1.807, 2.05) is 0 Å². The SMILES string of the molecule is O=C1/C(=C2/SC(=S)N(C3CCS(=O)(=O)C3)C2=O)c2ccccc2N1Cc1ccccc1F. The Labute approximate surface area is 194 Å². The van der Waals surface area contributed by atoms with Gasteiger partial charge in [0.05, 0.1) is 40.3 Å². The number of anilines is 1. The molecule has 2 aromatic rings. The molecule has 1 unspecified atom stereocenters. The van der Waals surface area contributed by atoms with Crippen LogP contribution in [0.2, 0.25) is 0 Å². The van der Waals surface area contributed by atoms with Gasteiger partial charge in [0, 0.05) is 11.1 Å². The van der Waals surface area contributed by atoms with Crippen LogP contribution < -0.4 is 4.90 Å². The minimum Gasteiger partial charge on any atom is -0.303 e. The minimum atomic E-state index is -3.21. The Balaban J connectivity index is 1.55. The van der Waals surface area contributed by atoms with Crippen LogP contribution in [0.25, 0.3) is 5.57 Å². The number of hydrogen-bond acceptors (Lipinski definition) is 6. The summed E-state index contributed by atoms with van der Waals surface area (Å²) in [4.78, 5) is 29.8. The van der Waals surface area contributed by atoms with Crippen LogP contribution >= 0.6 is 24.0 Å². The molecule has 0 saturated carbocycles. The van der Waals surface area contributed by atoms with E-state index in [2.05, 4.69) is 0 Å². The lowest BCUT2D eigenvalue weighted by Gasteiger charge is -2.21. The van der Waals surface area contributed by atoms with Crippen LogP contribution in [0.3, 0.4) is 0 Å². The van der Waals surface area contributed by atoms with Crippen LogP contribution in [0, 0.1) is 5.82 Å². The van der Waals surface area contributed by atoms with Crippen molar-refractivity contribution in [3.05, 3.63) is 70.4 Å². The van der Waals surface area contributed by atoms with Crippen molar-refractivity contribution in [1.82, 2.24) is 4.90 Å². The van der Waals surface area contributed by atoms with E-state index in [9.17, 15) is 22.4 Å². The largest absolute Gasteiger partial charge is 0.303 e. The molecule has 164 valence electrons. The van der Waals surface area contributed by atoms with Gasteiger partial charge in [0.25, 0.3) is 11.8 Å². The number of sulfone groups is 1. The summed E-state index contributed by atoms with van der Waals surface area (Å²) in [5, 5.41) is 0. The average molecular weight is 489 g/mol. The first-order chi connectivity index (χ1) is 15.3. The molecule has 2 aromatic carbocycles. The van der Waals surface area contributed by atoms with E-state index in [-0.39, 0.29) is 32.8 Å². The summed E-state index contributed by atoms with van der Waals surface area (Å²) in [6, 6.07) is 12.8. The number of carbonyl (C=O) groups is 2. The summed E-state index contributed by atoms with van der Waals surface area (Å²) in [6.07, 6.45) is 0.321. The molecule has 3 heterocycles. The number of rotatable bonds is 3. The highest BCUT2D eigenvalue weighted by Gasteiger charge is 2.46. The second-order valence-corrected chi connectivity index (χ2v) is 11.7. The summed E-state index contributed by atoms with van der Waals surface area (Å²) < 4.78 is 38.3. The van der Waals surface area contributed by atoms with Gasteiger partial charge in [-0.2, -0.15) is 0 Å². The van der Waals surface area contributed by atoms with E-state index >= 15 is 0 Å². The second kappa shape index (κ2) is 7.79. The van der Waals surface area contributed by atoms with Gasteiger partial charge in [-0.1, -0.05) is 60.4 Å². The summed E-state index contributed by atoms with van der Waals surface area (Å²) in [6.45, 7) is 0.0210. The smallest absolute Gasteiger partial charge is 0.267 e. The molecular weight excluding hydrogens is 471 g/mol. The third-order valence-electron chi connectivity index (χ3n) is 5.81. The topological polar surface area (TPSA) is 74.8 Å². The maximum atomic E-state index is 14.3. The fourth-order valence-electron chi connectivity index (χ4n) is 4.28. The molecule has 5 rings (SSSR count). The predicted molar refractivity (Wildman–Crippen MR) is 125 cm³/mol. The fourth-order valence-corrected chi connectivity index (χ4v) is 7.45. The maximum Gasteiger partial charge on any atom is 0.267 e. The Morgan fingerprint density at radius 1 is 1.06 bits per heavy atom. The Bertz CT molecular complexity index is 1320. The van der Waals surface area contributed by atoms with E-state index in [1.165, 1.54) is 15.9 Å². The molecule has 6 nitrogen and oxygen atoms in total.